The molecule has 2 rings (SSSR count). The zero-order chi connectivity index (χ0) is 24.8. The Hall–Kier alpha value is -2.36. The Kier molecular flexibility index (Phi) is 9.51. The summed E-state index contributed by atoms with van der Waals surface area (Å²) in [6.07, 6.45) is -6.35. The molecular weight excluding hydrogens is 444 g/mol. The van der Waals surface area contributed by atoms with Crippen molar-refractivity contribution in [3.05, 3.63) is 11.9 Å². The van der Waals surface area contributed by atoms with E-state index in [1.54, 1.807) is 20.8 Å². The molecule has 0 aromatic carbocycles. The number of aromatic nitrogens is 3. The zero-order valence-corrected chi connectivity index (χ0v) is 18.9. The largest absolute Gasteiger partial charge is 0.469 e. The summed E-state index contributed by atoms with van der Waals surface area (Å²) in [7, 11) is 1.23. The third-order valence-electron chi connectivity index (χ3n) is 4.60. The molecule has 33 heavy (non-hydrogen) atoms. The second-order valence-electron chi connectivity index (χ2n) is 8.56. The lowest BCUT2D eigenvalue weighted by atomic mass is 9.99. The maximum Gasteiger partial charge on any atom is 0.407 e. The summed E-state index contributed by atoms with van der Waals surface area (Å²) >= 11 is 0. The van der Waals surface area contributed by atoms with Gasteiger partial charge >= 0.3 is 12.1 Å². The highest BCUT2D eigenvalue weighted by atomic mass is 16.7. The molecule has 188 valence electrons. The van der Waals surface area contributed by atoms with Crippen molar-refractivity contribution in [3.8, 4) is 0 Å². The van der Waals surface area contributed by atoms with E-state index in [0.29, 0.717) is 5.69 Å². The van der Waals surface area contributed by atoms with Crippen LogP contribution in [0.25, 0.3) is 0 Å². The molecule has 0 spiro atoms. The molecule has 0 unspecified atom stereocenters. The van der Waals surface area contributed by atoms with Gasteiger partial charge in [0.15, 0.2) is 6.29 Å². The van der Waals surface area contributed by atoms with Crippen LogP contribution in [0.3, 0.4) is 0 Å². The van der Waals surface area contributed by atoms with E-state index in [4.69, 9.17) is 14.2 Å². The fourth-order valence-corrected chi connectivity index (χ4v) is 3.01. The standard InChI is InChI=1S/C19H32N4O10/c1-19(2,3)33-18(29)20-10(5-13(25)30-4)6-23-7-11(21-22-23)9-31-17-16(28)15(27)14(26)12(8-24)32-17/h7,10,12,14-17,24,26-28H,5-6,8-9H2,1-4H3,(H,20,29)/t10-,12+,14+,15-,16-,17-/m0/s1. The minimum atomic E-state index is -1.56. The molecule has 0 aliphatic carbocycles. The molecule has 1 amide bonds. The van der Waals surface area contributed by atoms with E-state index in [2.05, 4.69) is 20.4 Å². The SMILES string of the molecule is COC(=O)C[C@@H](Cn1cc(CO[C@H]2O[C@H](CO)[C@@H](O)[C@H](O)[C@@H]2O)nn1)NC(=O)OC(C)(C)C. The number of nitrogens with zero attached hydrogens (tertiary/aromatic N) is 3. The number of aliphatic hydroxyl groups is 4. The van der Waals surface area contributed by atoms with E-state index >= 15 is 0 Å². The number of rotatable bonds is 9. The summed E-state index contributed by atoms with van der Waals surface area (Å²) in [5, 5.41) is 49.3. The van der Waals surface area contributed by atoms with E-state index in [0.717, 1.165) is 0 Å². The minimum absolute atomic E-state index is 0.0708. The monoisotopic (exact) mass is 476 g/mol. The number of esters is 1. The third-order valence-corrected chi connectivity index (χ3v) is 4.60. The van der Waals surface area contributed by atoms with Gasteiger partial charge in [0.05, 0.1) is 45.5 Å². The molecule has 6 atom stereocenters. The fraction of sp³-hybridized carbons (Fsp3) is 0.789. The topological polar surface area (TPSA) is 195 Å². The highest BCUT2D eigenvalue weighted by Crippen LogP contribution is 2.22. The summed E-state index contributed by atoms with van der Waals surface area (Å²) < 4.78 is 21.9. The molecular formula is C19H32N4O10. The zero-order valence-electron chi connectivity index (χ0n) is 18.9. The fourth-order valence-electron chi connectivity index (χ4n) is 3.01. The molecule has 1 aliphatic heterocycles. The lowest BCUT2D eigenvalue weighted by Gasteiger charge is -2.39. The van der Waals surface area contributed by atoms with Crippen LogP contribution < -0.4 is 5.32 Å². The molecule has 1 aliphatic rings. The van der Waals surface area contributed by atoms with Gasteiger partial charge in [-0.1, -0.05) is 5.21 Å². The average molecular weight is 476 g/mol. The highest BCUT2D eigenvalue weighted by molar-refractivity contribution is 5.72. The molecule has 2 heterocycles. The molecule has 1 fully saturated rings. The van der Waals surface area contributed by atoms with Gasteiger partial charge in [-0.25, -0.2) is 4.79 Å². The van der Waals surface area contributed by atoms with Crippen molar-refractivity contribution in [2.24, 2.45) is 0 Å². The van der Waals surface area contributed by atoms with E-state index in [1.807, 2.05) is 0 Å². The van der Waals surface area contributed by atoms with Crippen LogP contribution in [0, 0.1) is 0 Å². The Morgan fingerprint density at radius 1 is 1.24 bits per heavy atom. The van der Waals surface area contributed by atoms with Crippen molar-refractivity contribution in [1.29, 1.82) is 0 Å². The lowest BCUT2D eigenvalue weighted by Crippen LogP contribution is -2.59. The van der Waals surface area contributed by atoms with E-state index in [-0.39, 0.29) is 19.6 Å². The van der Waals surface area contributed by atoms with E-state index in [1.165, 1.54) is 18.0 Å². The van der Waals surface area contributed by atoms with Crippen LogP contribution in [0.2, 0.25) is 0 Å². The van der Waals surface area contributed by atoms with Gasteiger partial charge in [-0.15, -0.1) is 5.10 Å². The van der Waals surface area contributed by atoms with Crippen LogP contribution in [0.1, 0.15) is 32.9 Å². The summed E-state index contributed by atoms with van der Waals surface area (Å²) in [5.41, 5.74) is -0.400. The Morgan fingerprint density at radius 2 is 1.94 bits per heavy atom. The number of ether oxygens (including phenoxy) is 4. The number of hydrogen-bond donors (Lipinski definition) is 5. The van der Waals surface area contributed by atoms with Crippen LogP contribution in [-0.2, 0) is 36.9 Å². The van der Waals surface area contributed by atoms with Gasteiger partial charge in [-0.05, 0) is 20.8 Å². The molecule has 0 saturated carbocycles. The lowest BCUT2D eigenvalue weighted by molar-refractivity contribution is -0.304. The Morgan fingerprint density at radius 3 is 2.55 bits per heavy atom. The second kappa shape index (κ2) is 11.7. The van der Waals surface area contributed by atoms with E-state index in [9.17, 15) is 30.0 Å². The second-order valence-corrected chi connectivity index (χ2v) is 8.56. The van der Waals surface area contributed by atoms with Crippen molar-refractivity contribution in [2.45, 2.75) is 82.7 Å². The number of carbonyl (C=O) groups is 2. The Bertz CT molecular complexity index is 781. The third kappa shape index (κ3) is 8.17. The molecule has 0 radical (unpaired) electrons. The normalized spacial score (nSPS) is 26.5. The first-order chi connectivity index (χ1) is 15.4. The van der Waals surface area contributed by atoms with E-state index < -0.39 is 61.0 Å². The van der Waals surface area contributed by atoms with Gasteiger partial charge in [0.1, 0.15) is 35.7 Å². The van der Waals surface area contributed by atoms with Crippen molar-refractivity contribution in [1.82, 2.24) is 20.3 Å². The maximum absolute atomic E-state index is 12.1. The van der Waals surface area contributed by atoms with Gasteiger partial charge < -0.3 is 44.7 Å². The van der Waals surface area contributed by atoms with Gasteiger partial charge in [-0.3, -0.25) is 9.48 Å². The first-order valence-corrected chi connectivity index (χ1v) is 10.3. The summed E-state index contributed by atoms with van der Waals surface area (Å²) in [5.74, 6) is -0.539. The van der Waals surface area contributed by atoms with Crippen LogP contribution >= 0.6 is 0 Å². The summed E-state index contributed by atoms with van der Waals surface area (Å²) in [4.78, 5) is 23.8. The van der Waals surface area contributed by atoms with Crippen LogP contribution in [0.15, 0.2) is 6.20 Å². The summed E-state index contributed by atoms with van der Waals surface area (Å²) in [6, 6.07) is -0.701. The molecule has 1 aromatic heterocycles. The first kappa shape index (κ1) is 26.9. The molecule has 5 N–H and O–H groups in total. The summed E-state index contributed by atoms with van der Waals surface area (Å²) in [6.45, 7) is 4.45. The van der Waals surface area contributed by atoms with Crippen LogP contribution in [0.4, 0.5) is 4.79 Å². The predicted molar refractivity (Wildman–Crippen MR) is 108 cm³/mol. The molecule has 1 aromatic rings. The van der Waals surface area contributed by atoms with Crippen molar-refractivity contribution in [2.75, 3.05) is 13.7 Å². The van der Waals surface area contributed by atoms with Crippen LogP contribution in [-0.4, -0.2) is 104 Å². The van der Waals surface area contributed by atoms with Gasteiger partial charge in [0.25, 0.3) is 0 Å². The number of amides is 1. The number of hydrogen-bond acceptors (Lipinski definition) is 12. The first-order valence-electron chi connectivity index (χ1n) is 10.3. The predicted octanol–water partition coefficient (Wildman–Crippen LogP) is -1.95. The van der Waals surface area contributed by atoms with Crippen molar-refractivity contribution in [3.63, 3.8) is 0 Å². The van der Waals surface area contributed by atoms with Crippen LogP contribution in [0.5, 0.6) is 0 Å². The van der Waals surface area contributed by atoms with Gasteiger partial charge in [0.2, 0.25) is 0 Å². The quantitative estimate of drug-likeness (QED) is 0.248. The molecule has 14 nitrogen and oxygen atoms in total. The minimum Gasteiger partial charge on any atom is -0.469 e. The van der Waals surface area contributed by atoms with Gasteiger partial charge in [0, 0.05) is 0 Å². The molecule has 14 heteroatoms. The number of aliphatic hydroxyl groups excluding tert-OH is 4. The maximum atomic E-state index is 12.1. The number of carbonyl (C=O) groups excluding carboxylic acids is 2. The Labute approximate surface area is 190 Å². The Balaban J connectivity index is 1.97. The molecule has 1 saturated heterocycles. The highest BCUT2D eigenvalue weighted by Gasteiger charge is 2.44. The van der Waals surface area contributed by atoms with Crippen molar-refractivity contribution < 1.29 is 49.0 Å². The number of alkyl carbamates (subject to hydrolysis) is 1. The van der Waals surface area contributed by atoms with Crippen molar-refractivity contribution >= 4 is 12.1 Å². The smallest absolute Gasteiger partial charge is 0.407 e. The number of nitrogens with one attached hydrogen (secondary N) is 1. The van der Waals surface area contributed by atoms with Gasteiger partial charge in [-0.2, -0.15) is 0 Å². The number of methoxy groups -OCH3 is 1. The average Bonchev–Trinajstić information content (AvgIpc) is 3.17. The molecule has 0 bridgehead atoms.